The fraction of sp³-hybridized carbons (Fsp3) is 0.0909. The van der Waals surface area contributed by atoms with Crippen molar-refractivity contribution in [1.82, 2.24) is 9.97 Å². The Hall–Kier alpha value is -3.66. The SMILES string of the molecule is CS(=O)(=O)Nc1ccc(-c2cnc3cccc(Nc4ccc(C(F)(F)F)cn4)c3c2)cc1. The van der Waals surface area contributed by atoms with Gasteiger partial charge in [-0.25, -0.2) is 13.4 Å². The Bertz CT molecular complexity index is 1370. The van der Waals surface area contributed by atoms with E-state index in [2.05, 4.69) is 20.0 Å². The van der Waals surface area contributed by atoms with Gasteiger partial charge in [-0.2, -0.15) is 13.2 Å². The third kappa shape index (κ3) is 4.97. The van der Waals surface area contributed by atoms with Gasteiger partial charge < -0.3 is 5.32 Å². The second kappa shape index (κ2) is 8.12. The Morgan fingerprint density at radius 1 is 0.875 bits per heavy atom. The van der Waals surface area contributed by atoms with Gasteiger partial charge in [0.25, 0.3) is 0 Å². The molecule has 6 nitrogen and oxygen atoms in total. The molecule has 2 N–H and O–H groups in total. The van der Waals surface area contributed by atoms with E-state index in [-0.39, 0.29) is 5.82 Å². The van der Waals surface area contributed by atoms with Crippen molar-refractivity contribution < 1.29 is 21.6 Å². The third-order valence-electron chi connectivity index (χ3n) is 4.60. The molecule has 4 rings (SSSR count). The number of benzene rings is 2. The minimum Gasteiger partial charge on any atom is -0.340 e. The molecule has 32 heavy (non-hydrogen) atoms. The van der Waals surface area contributed by atoms with Gasteiger partial charge in [-0.05, 0) is 48.0 Å². The molecule has 2 aromatic carbocycles. The lowest BCUT2D eigenvalue weighted by Gasteiger charge is -2.12. The average Bonchev–Trinajstić information content (AvgIpc) is 2.73. The van der Waals surface area contributed by atoms with Gasteiger partial charge in [0.15, 0.2) is 0 Å². The number of alkyl halides is 3. The van der Waals surface area contributed by atoms with Gasteiger partial charge in [-0.15, -0.1) is 0 Å². The van der Waals surface area contributed by atoms with E-state index in [1.807, 2.05) is 12.1 Å². The zero-order valence-electron chi connectivity index (χ0n) is 16.7. The van der Waals surface area contributed by atoms with Gasteiger partial charge in [0.1, 0.15) is 5.82 Å². The number of anilines is 3. The van der Waals surface area contributed by atoms with Crippen LogP contribution in [0.25, 0.3) is 22.0 Å². The third-order valence-corrected chi connectivity index (χ3v) is 5.21. The number of hydrogen-bond acceptors (Lipinski definition) is 5. The van der Waals surface area contributed by atoms with Crippen LogP contribution in [-0.2, 0) is 16.2 Å². The van der Waals surface area contributed by atoms with Gasteiger partial charge in [0.2, 0.25) is 10.0 Å². The molecule has 0 amide bonds. The first-order valence-corrected chi connectivity index (χ1v) is 11.2. The largest absolute Gasteiger partial charge is 0.417 e. The molecular weight excluding hydrogens is 441 g/mol. The summed E-state index contributed by atoms with van der Waals surface area (Å²) < 4.78 is 63.4. The second-order valence-electron chi connectivity index (χ2n) is 7.10. The number of hydrogen-bond donors (Lipinski definition) is 2. The van der Waals surface area contributed by atoms with Crippen molar-refractivity contribution in [3.8, 4) is 11.1 Å². The van der Waals surface area contributed by atoms with Gasteiger partial charge >= 0.3 is 6.18 Å². The number of fused-ring (bicyclic) bond motifs is 1. The Balaban J connectivity index is 1.65. The quantitative estimate of drug-likeness (QED) is 0.417. The number of rotatable bonds is 5. The van der Waals surface area contributed by atoms with Crippen molar-refractivity contribution in [2.75, 3.05) is 16.3 Å². The second-order valence-corrected chi connectivity index (χ2v) is 8.85. The van der Waals surface area contributed by atoms with E-state index < -0.39 is 21.8 Å². The number of pyridine rings is 2. The Kier molecular flexibility index (Phi) is 5.47. The van der Waals surface area contributed by atoms with Crippen molar-refractivity contribution in [2.45, 2.75) is 6.18 Å². The predicted molar refractivity (Wildman–Crippen MR) is 118 cm³/mol. The number of aromatic nitrogens is 2. The van der Waals surface area contributed by atoms with E-state index >= 15 is 0 Å². The molecule has 10 heteroatoms. The highest BCUT2D eigenvalue weighted by atomic mass is 32.2. The van der Waals surface area contributed by atoms with Crippen molar-refractivity contribution in [3.63, 3.8) is 0 Å². The summed E-state index contributed by atoms with van der Waals surface area (Å²) in [5.41, 5.74) is 2.57. The van der Waals surface area contributed by atoms with Crippen molar-refractivity contribution in [1.29, 1.82) is 0 Å². The highest BCUT2D eigenvalue weighted by molar-refractivity contribution is 7.92. The average molecular weight is 458 g/mol. The maximum atomic E-state index is 12.8. The van der Waals surface area contributed by atoms with E-state index in [9.17, 15) is 21.6 Å². The first-order chi connectivity index (χ1) is 15.1. The van der Waals surface area contributed by atoms with Crippen LogP contribution in [0.1, 0.15) is 5.56 Å². The Morgan fingerprint density at radius 2 is 1.62 bits per heavy atom. The molecule has 164 valence electrons. The highest BCUT2D eigenvalue weighted by Crippen LogP contribution is 2.32. The molecule has 0 saturated heterocycles. The van der Waals surface area contributed by atoms with E-state index in [4.69, 9.17) is 0 Å². The van der Waals surface area contributed by atoms with Crippen LogP contribution in [0.5, 0.6) is 0 Å². The summed E-state index contributed by atoms with van der Waals surface area (Å²) >= 11 is 0. The van der Waals surface area contributed by atoms with Crippen LogP contribution in [-0.4, -0.2) is 24.6 Å². The van der Waals surface area contributed by atoms with Crippen LogP contribution in [0.3, 0.4) is 0 Å². The van der Waals surface area contributed by atoms with Crippen LogP contribution < -0.4 is 10.0 Å². The molecule has 0 aliphatic heterocycles. The summed E-state index contributed by atoms with van der Waals surface area (Å²) in [6, 6.07) is 16.4. The normalized spacial score (nSPS) is 12.0. The van der Waals surface area contributed by atoms with Gasteiger partial charge in [0, 0.05) is 34.7 Å². The summed E-state index contributed by atoms with van der Waals surface area (Å²) in [5.74, 6) is 0.270. The van der Waals surface area contributed by atoms with Crippen molar-refractivity contribution >= 4 is 38.1 Å². The Labute approximate surface area is 182 Å². The zero-order chi connectivity index (χ0) is 22.9. The van der Waals surface area contributed by atoms with Crippen LogP contribution >= 0.6 is 0 Å². The lowest BCUT2D eigenvalue weighted by Crippen LogP contribution is -2.09. The van der Waals surface area contributed by atoms with E-state index in [1.54, 1.807) is 42.6 Å². The highest BCUT2D eigenvalue weighted by Gasteiger charge is 2.30. The Morgan fingerprint density at radius 3 is 2.25 bits per heavy atom. The van der Waals surface area contributed by atoms with Crippen LogP contribution in [0.2, 0.25) is 0 Å². The van der Waals surface area contributed by atoms with Crippen molar-refractivity contribution in [3.05, 3.63) is 78.6 Å². The predicted octanol–water partition coefficient (Wildman–Crippen LogP) is 5.43. The maximum absolute atomic E-state index is 12.8. The lowest BCUT2D eigenvalue weighted by molar-refractivity contribution is -0.137. The standard InChI is InChI=1S/C22H17F3N4O2S/c1-32(30,31)29-17-8-5-14(6-9-17)15-11-18-19(26-12-15)3-2-4-20(18)28-21-10-7-16(13-27-21)22(23,24)25/h2-13,29H,1H3,(H,27,28). The summed E-state index contributed by atoms with van der Waals surface area (Å²) in [7, 11) is -3.37. The monoisotopic (exact) mass is 458 g/mol. The van der Waals surface area contributed by atoms with E-state index in [0.29, 0.717) is 16.9 Å². The van der Waals surface area contributed by atoms with Crippen LogP contribution in [0.15, 0.2) is 73.1 Å². The van der Waals surface area contributed by atoms with E-state index in [0.717, 1.165) is 35.0 Å². The zero-order valence-corrected chi connectivity index (χ0v) is 17.5. The molecule has 0 unspecified atom stereocenters. The molecule has 0 radical (unpaired) electrons. The number of nitrogens with one attached hydrogen (secondary N) is 2. The molecule has 0 spiro atoms. The molecule has 0 atom stereocenters. The molecule has 0 saturated carbocycles. The molecule has 0 bridgehead atoms. The number of sulfonamides is 1. The van der Waals surface area contributed by atoms with Crippen LogP contribution in [0.4, 0.5) is 30.4 Å². The maximum Gasteiger partial charge on any atom is 0.417 e. The molecule has 0 fully saturated rings. The minimum atomic E-state index is -4.45. The van der Waals surface area contributed by atoms with Crippen LogP contribution in [0, 0.1) is 0 Å². The fourth-order valence-electron chi connectivity index (χ4n) is 3.13. The van der Waals surface area contributed by atoms with E-state index in [1.165, 1.54) is 6.07 Å². The number of halogens is 3. The topological polar surface area (TPSA) is 84.0 Å². The summed E-state index contributed by atoms with van der Waals surface area (Å²) in [6.45, 7) is 0. The molecule has 0 aliphatic carbocycles. The minimum absolute atomic E-state index is 0.270. The number of nitrogens with zero attached hydrogens (tertiary/aromatic N) is 2. The molecule has 2 aromatic heterocycles. The molecule has 0 aliphatic rings. The summed E-state index contributed by atoms with van der Waals surface area (Å²) in [5, 5.41) is 3.80. The lowest BCUT2D eigenvalue weighted by atomic mass is 10.0. The smallest absolute Gasteiger partial charge is 0.340 e. The van der Waals surface area contributed by atoms with Gasteiger partial charge in [0.05, 0.1) is 17.3 Å². The first-order valence-electron chi connectivity index (χ1n) is 9.36. The molecule has 2 heterocycles. The molecular formula is C22H17F3N4O2S. The molecule has 4 aromatic rings. The fourth-order valence-corrected chi connectivity index (χ4v) is 3.70. The van der Waals surface area contributed by atoms with Crippen molar-refractivity contribution in [2.24, 2.45) is 0 Å². The van der Waals surface area contributed by atoms with Gasteiger partial charge in [-0.3, -0.25) is 9.71 Å². The summed E-state index contributed by atoms with van der Waals surface area (Å²) in [4.78, 5) is 8.33. The summed E-state index contributed by atoms with van der Waals surface area (Å²) in [6.07, 6.45) is -0.894. The van der Waals surface area contributed by atoms with Gasteiger partial charge in [-0.1, -0.05) is 18.2 Å². The first kappa shape index (κ1) is 21.6.